The van der Waals surface area contributed by atoms with Gasteiger partial charge in [-0.15, -0.1) is 0 Å². The molecular formula is C13H21NO3. The van der Waals surface area contributed by atoms with Crippen LogP contribution in [0.2, 0.25) is 0 Å². The fraction of sp³-hybridized carbons (Fsp3) is 0.538. The second-order valence-electron chi connectivity index (χ2n) is 4.15. The third-order valence-corrected chi connectivity index (χ3v) is 2.23. The first-order valence-corrected chi connectivity index (χ1v) is 5.79. The van der Waals surface area contributed by atoms with Gasteiger partial charge in [0.15, 0.2) is 0 Å². The van der Waals surface area contributed by atoms with Crippen LogP contribution in [-0.2, 0) is 4.74 Å². The van der Waals surface area contributed by atoms with E-state index in [1.807, 2.05) is 38.1 Å². The Labute approximate surface area is 103 Å². The Morgan fingerprint density at radius 3 is 2.76 bits per heavy atom. The zero-order valence-corrected chi connectivity index (χ0v) is 10.6. The molecule has 0 amide bonds. The molecule has 0 aliphatic carbocycles. The molecule has 1 unspecified atom stereocenters. The molecule has 0 aliphatic rings. The molecule has 0 aromatic heterocycles. The van der Waals surface area contributed by atoms with E-state index in [1.54, 1.807) is 7.11 Å². The smallest absolute Gasteiger partial charge is 0.120 e. The van der Waals surface area contributed by atoms with Crippen LogP contribution < -0.4 is 10.1 Å². The van der Waals surface area contributed by atoms with Crippen LogP contribution in [0.5, 0.6) is 5.75 Å². The Morgan fingerprint density at radius 1 is 1.35 bits per heavy atom. The number of rotatable bonds is 7. The van der Waals surface area contributed by atoms with Crippen molar-refractivity contribution in [3.63, 3.8) is 0 Å². The number of benzene rings is 1. The summed E-state index contributed by atoms with van der Waals surface area (Å²) in [5, 5.41) is 12.8. The van der Waals surface area contributed by atoms with E-state index < -0.39 is 6.10 Å². The van der Waals surface area contributed by atoms with Crippen molar-refractivity contribution in [2.75, 3.05) is 25.6 Å². The average Bonchev–Trinajstić information content (AvgIpc) is 2.34. The predicted octanol–water partition coefficient (Wildman–Crippen LogP) is 1.89. The molecule has 4 heteroatoms. The third-order valence-electron chi connectivity index (χ3n) is 2.23. The molecule has 0 fully saturated rings. The Morgan fingerprint density at radius 2 is 2.12 bits per heavy atom. The molecule has 17 heavy (non-hydrogen) atoms. The molecule has 2 N–H and O–H groups in total. The Bertz CT molecular complexity index is 328. The summed E-state index contributed by atoms with van der Waals surface area (Å²) >= 11 is 0. The molecule has 0 saturated carbocycles. The predicted molar refractivity (Wildman–Crippen MR) is 68.6 cm³/mol. The highest BCUT2D eigenvalue weighted by Gasteiger charge is 2.05. The Kier molecular flexibility index (Phi) is 5.80. The van der Waals surface area contributed by atoms with Crippen molar-refractivity contribution in [1.29, 1.82) is 0 Å². The van der Waals surface area contributed by atoms with Gasteiger partial charge in [-0.25, -0.2) is 0 Å². The van der Waals surface area contributed by atoms with Crippen molar-refractivity contribution in [2.45, 2.75) is 26.1 Å². The third kappa shape index (κ3) is 5.56. The van der Waals surface area contributed by atoms with E-state index in [1.165, 1.54) is 0 Å². The van der Waals surface area contributed by atoms with Crippen molar-refractivity contribution < 1.29 is 14.6 Å². The van der Waals surface area contributed by atoms with Crippen LogP contribution in [0.4, 0.5) is 5.69 Å². The van der Waals surface area contributed by atoms with Gasteiger partial charge in [-0.2, -0.15) is 0 Å². The van der Waals surface area contributed by atoms with E-state index in [4.69, 9.17) is 9.47 Å². The zero-order valence-electron chi connectivity index (χ0n) is 10.6. The lowest BCUT2D eigenvalue weighted by atomic mass is 10.3. The van der Waals surface area contributed by atoms with E-state index in [2.05, 4.69) is 5.32 Å². The normalized spacial score (nSPS) is 12.5. The molecule has 0 spiro atoms. The van der Waals surface area contributed by atoms with Gasteiger partial charge in [0.05, 0.1) is 25.9 Å². The van der Waals surface area contributed by atoms with Gasteiger partial charge >= 0.3 is 0 Å². The van der Waals surface area contributed by atoms with Gasteiger partial charge in [0.25, 0.3) is 0 Å². The summed E-state index contributed by atoms with van der Waals surface area (Å²) in [5.41, 5.74) is 0.924. The number of nitrogens with one attached hydrogen (secondary N) is 1. The highest BCUT2D eigenvalue weighted by molar-refractivity contribution is 5.48. The first-order chi connectivity index (χ1) is 8.11. The molecule has 0 aliphatic heterocycles. The maximum atomic E-state index is 9.67. The minimum absolute atomic E-state index is 0.140. The molecule has 4 nitrogen and oxygen atoms in total. The van der Waals surface area contributed by atoms with Crippen molar-refractivity contribution in [3.8, 4) is 5.75 Å². The Balaban J connectivity index is 2.33. The highest BCUT2D eigenvalue weighted by Crippen LogP contribution is 2.16. The van der Waals surface area contributed by atoms with Crippen LogP contribution in [-0.4, -0.2) is 37.6 Å². The standard InChI is InChI=1S/C13H21NO3/c1-10(2)17-9-12(15)8-14-11-5-4-6-13(7-11)16-3/h4-7,10,12,14-15H,8-9H2,1-3H3. The van der Waals surface area contributed by atoms with Crippen LogP contribution in [0, 0.1) is 0 Å². The Hall–Kier alpha value is -1.26. The number of aliphatic hydroxyl groups is 1. The number of ether oxygens (including phenoxy) is 2. The summed E-state index contributed by atoms with van der Waals surface area (Å²) in [6, 6.07) is 7.59. The lowest BCUT2D eigenvalue weighted by molar-refractivity contribution is 0.0112. The van der Waals surface area contributed by atoms with Gasteiger partial charge in [0.1, 0.15) is 5.75 Å². The van der Waals surface area contributed by atoms with Crippen LogP contribution in [0.15, 0.2) is 24.3 Å². The SMILES string of the molecule is COc1cccc(NCC(O)COC(C)C)c1. The van der Waals surface area contributed by atoms with Gasteiger partial charge in [0.2, 0.25) is 0 Å². The topological polar surface area (TPSA) is 50.7 Å². The molecule has 1 rings (SSSR count). The van der Waals surface area contributed by atoms with Crippen LogP contribution in [0.3, 0.4) is 0 Å². The minimum Gasteiger partial charge on any atom is -0.497 e. The average molecular weight is 239 g/mol. The molecule has 1 aromatic carbocycles. The first kappa shape index (κ1) is 13.8. The molecule has 0 heterocycles. The second kappa shape index (κ2) is 7.14. The summed E-state index contributed by atoms with van der Waals surface area (Å²) in [6.45, 7) is 4.69. The van der Waals surface area contributed by atoms with E-state index in [0.717, 1.165) is 11.4 Å². The molecule has 0 radical (unpaired) electrons. The van der Waals surface area contributed by atoms with Crippen molar-refractivity contribution in [3.05, 3.63) is 24.3 Å². The molecule has 0 bridgehead atoms. The summed E-state index contributed by atoms with van der Waals surface area (Å²) < 4.78 is 10.4. The lowest BCUT2D eigenvalue weighted by Gasteiger charge is -2.15. The molecule has 1 atom stereocenters. The lowest BCUT2D eigenvalue weighted by Crippen LogP contribution is -2.26. The van der Waals surface area contributed by atoms with E-state index in [9.17, 15) is 5.11 Å². The summed E-state index contributed by atoms with van der Waals surface area (Å²) in [5.74, 6) is 0.794. The molecule has 1 aromatic rings. The second-order valence-corrected chi connectivity index (χ2v) is 4.15. The maximum Gasteiger partial charge on any atom is 0.120 e. The number of hydrogen-bond donors (Lipinski definition) is 2. The van der Waals surface area contributed by atoms with E-state index >= 15 is 0 Å². The quantitative estimate of drug-likeness (QED) is 0.763. The zero-order chi connectivity index (χ0) is 12.7. The van der Waals surface area contributed by atoms with Crippen molar-refractivity contribution >= 4 is 5.69 Å². The summed E-state index contributed by atoms with van der Waals surface area (Å²) in [6.07, 6.45) is -0.370. The van der Waals surface area contributed by atoms with Crippen LogP contribution in [0.25, 0.3) is 0 Å². The molecule has 96 valence electrons. The number of methoxy groups -OCH3 is 1. The monoisotopic (exact) mass is 239 g/mol. The minimum atomic E-state index is -0.511. The largest absolute Gasteiger partial charge is 0.497 e. The molecule has 0 saturated heterocycles. The summed E-state index contributed by atoms with van der Waals surface area (Å²) in [7, 11) is 1.63. The van der Waals surface area contributed by atoms with Crippen molar-refractivity contribution in [1.82, 2.24) is 0 Å². The maximum absolute atomic E-state index is 9.67. The fourth-order valence-electron chi connectivity index (χ4n) is 1.33. The van der Waals surface area contributed by atoms with Crippen molar-refractivity contribution in [2.24, 2.45) is 0 Å². The highest BCUT2D eigenvalue weighted by atomic mass is 16.5. The van der Waals surface area contributed by atoms with Crippen LogP contribution >= 0.6 is 0 Å². The van der Waals surface area contributed by atoms with Gasteiger partial charge in [-0.3, -0.25) is 0 Å². The number of aliphatic hydroxyl groups excluding tert-OH is 1. The van der Waals surface area contributed by atoms with Gasteiger partial charge in [0, 0.05) is 18.3 Å². The van der Waals surface area contributed by atoms with E-state index in [0.29, 0.717) is 13.2 Å². The first-order valence-electron chi connectivity index (χ1n) is 5.79. The van der Waals surface area contributed by atoms with Crippen LogP contribution in [0.1, 0.15) is 13.8 Å². The number of anilines is 1. The van der Waals surface area contributed by atoms with Gasteiger partial charge in [-0.05, 0) is 26.0 Å². The molecular weight excluding hydrogens is 218 g/mol. The number of hydrogen-bond acceptors (Lipinski definition) is 4. The van der Waals surface area contributed by atoms with E-state index in [-0.39, 0.29) is 6.10 Å². The summed E-state index contributed by atoms with van der Waals surface area (Å²) in [4.78, 5) is 0. The van der Waals surface area contributed by atoms with Gasteiger partial charge in [-0.1, -0.05) is 6.07 Å². The fourth-order valence-corrected chi connectivity index (χ4v) is 1.33. The van der Waals surface area contributed by atoms with Gasteiger partial charge < -0.3 is 19.9 Å².